The van der Waals surface area contributed by atoms with Gasteiger partial charge in [-0.2, -0.15) is 13.2 Å². The summed E-state index contributed by atoms with van der Waals surface area (Å²) >= 11 is 1.37. The number of pyridine rings is 1. The number of carbonyl (C=O) groups excluding carboxylic acids is 1. The lowest BCUT2D eigenvalue weighted by atomic mass is 9.50. The average molecular weight is 438 g/mol. The summed E-state index contributed by atoms with van der Waals surface area (Å²) in [6.45, 7) is -1.51. The minimum atomic E-state index is -4.52. The van der Waals surface area contributed by atoms with E-state index >= 15 is 0 Å². The molecule has 4 saturated carbocycles. The molecule has 30 heavy (non-hydrogen) atoms. The lowest BCUT2D eigenvalue weighted by Crippen LogP contribution is -2.48. The number of hydrogen-bond acceptors (Lipinski definition) is 6. The largest absolute Gasteiger partial charge is 0.467 e. The maximum atomic E-state index is 12.6. The van der Waals surface area contributed by atoms with Crippen molar-refractivity contribution < 1.29 is 22.7 Å². The molecule has 4 aliphatic carbocycles. The van der Waals surface area contributed by atoms with Gasteiger partial charge in [0, 0.05) is 11.6 Å². The molecule has 0 aromatic carbocycles. The van der Waals surface area contributed by atoms with Crippen LogP contribution in [0.5, 0.6) is 5.88 Å². The van der Waals surface area contributed by atoms with Crippen molar-refractivity contribution in [3.63, 3.8) is 0 Å². The number of nitrogens with one attached hydrogen (secondary N) is 1. The van der Waals surface area contributed by atoms with Crippen molar-refractivity contribution in [1.82, 2.24) is 15.2 Å². The lowest BCUT2D eigenvalue weighted by Gasteiger charge is -2.55. The van der Waals surface area contributed by atoms with E-state index in [4.69, 9.17) is 4.74 Å². The molecular weight excluding hydrogens is 417 g/mol. The van der Waals surface area contributed by atoms with Gasteiger partial charge in [-0.25, -0.2) is 4.98 Å². The summed E-state index contributed by atoms with van der Waals surface area (Å²) in [6, 6.07) is 2.84. The van der Waals surface area contributed by atoms with E-state index in [-0.39, 0.29) is 16.9 Å². The van der Waals surface area contributed by atoms with Gasteiger partial charge < -0.3 is 4.74 Å². The van der Waals surface area contributed by atoms with Crippen LogP contribution in [0.3, 0.4) is 0 Å². The van der Waals surface area contributed by atoms with E-state index in [1.165, 1.54) is 48.9 Å². The number of ether oxygens (including phenoxy) is 1. The molecule has 0 spiro atoms. The quantitative estimate of drug-likeness (QED) is 0.739. The maximum Gasteiger partial charge on any atom is 0.422 e. The van der Waals surface area contributed by atoms with E-state index in [9.17, 15) is 18.0 Å². The van der Waals surface area contributed by atoms with E-state index in [0.29, 0.717) is 5.13 Å². The fourth-order valence-electron chi connectivity index (χ4n) is 5.85. The van der Waals surface area contributed by atoms with Crippen LogP contribution in [0.25, 0.3) is 0 Å². The van der Waals surface area contributed by atoms with E-state index in [0.717, 1.165) is 42.0 Å². The highest BCUT2D eigenvalue weighted by Crippen LogP contribution is 2.61. The number of rotatable bonds is 5. The summed E-state index contributed by atoms with van der Waals surface area (Å²) in [6.07, 6.45) is 4.14. The molecule has 0 atom stereocenters. The maximum absolute atomic E-state index is 12.6. The first-order chi connectivity index (χ1) is 14.3. The topological polar surface area (TPSA) is 77.0 Å². The number of alkyl halides is 3. The van der Waals surface area contributed by atoms with Crippen molar-refractivity contribution in [3.05, 3.63) is 28.9 Å². The van der Waals surface area contributed by atoms with Crippen molar-refractivity contribution >= 4 is 22.4 Å². The molecule has 0 radical (unpaired) electrons. The van der Waals surface area contributed by atoms with Gasteiger partial charge in [-0.1, -0.05) is 11.3 Å². The molecule has 0 unspecified atom stereocenters. The number of nitrogens with zero attached hydrogens (tertiary/aromatic N) is 3. The average Bonchev–Trinajstić information content (AvgIpc) is 3.14. The zero-order valence-corrected chi connectivity index (χ0v) is 16.9. The molecule has 4 aliphatic rings. The predicted octanol–water partition coefficient (Wildman–Crippen LogP) is 4.59. The van der Waals surface area contributed by atoms with Gasteiger partial charge in [-0.3, -0.25) is 10.1 Å². The Hall–Kier alpha value is -2.23. The van der Waals surface area contributed by atoms with Crippen molar-refractivity contribution in [2.24, 2.45) is 17.8 Å². The molecule has 1 N–H and O–H groups in total. The van der Waals surface area contributed by atoms with Gasteiger partial charge in [0.2, 0.25) is 11.0 Å². The molecule has 2 aromatic rings. The van der Waals surface area contributed by atoms with Crippen LogP contribution in [-0.4, -0.2) is 33.9 Å². The highest BCUT2D eigenvalue weighted by atomic mass is 32.1. The number of amides is 1. The van der Waals surface area contributed by atoms with E-state index < -0.39 is 18.7 Å². The molecule has 10 heteroatoms. The highest BCUT2D eigenvalue weighted by molar-refractivity contribution is 7.15. The Kier molecular flexibility index (Phi) is 4.72. The fourth-order valence-corrected chi connectivity index (χ4v) is 6.81. The van der Waals surface area contributed by atoms with E-state index in [1.807, 2.05) is 0 Å². The van der Waals surface area contributed by atoms with Crippen LogP contribution in [0.15, 0.2) is 18.3 Å². The second-order valence-electron chi connectivity index (χ2n) is 8.82. The van der Waals surface area contributed by atoms with Crippen LogP contribution in [-0.2, 0) is 5.41 Å². The van der Waals surface area contributed by atoms with Gasteiger partial charge in [-0.05, 0) is 68.4 Å². The minimum absolute atomic E-state index is 0.0741. The Morgan fingerprint density at radius 3 is 2.47 bits per heavy atom. The normalized spacial score (nSPS) is 29.8. The second kappa shape index (κ2) is 7.18. The molecule has 2 aromatic heterocycles. The molecule has 0 aliphatic heterocycles. The number of anilines is 1. The standard InChI is InChI=1S/C20H21F3N4O2S/c21-20(22,23)10-29-16-14(2-1-3-24-16)15(28)25-18-27-26-17(30-18)19-7-11-4-12(8-19)6-13(5-11)9-19/h1-3,11-13H,4-10H2,(H,25,27,28). The van der Waals surface area contributed by atoms with E-state index in [1.54, 1.807) is 0 Å². The summed E-state index contributed by atoms with van der Waals surface area (Å²) in [5.41, 5.74) is -0.00156. The van der Waals surface area contributed by atoms with Crippen LogP contribution in [0, 0.1) is 17.8 Å². The Morgan fingerprint density at radius 2 is 1.83 bits per heavy atom. The second-order valence-corrected chi connectivity index (χ2v) is 9.80. The van der Waals surface area contributed by atoms with Crippen LogP contribution in [0.4, 0.5) is 18.3 Å². The number of hydrogen-bond donors (Lipinski definition) is 1. The molecule has 1 amide bonds. The zero-order chi connectivity index (χ0) is 20.9. The Bertz CT molecular complexity index is 926. The van der Waals surface area contributed by atoms with Gasteiger partial charge in [0.1, 0.15) is 10.6 Å². The molecule has 2 heterocycles. The van der Waals surface area contributed by atoms with Crippen molar-refractivity contribution in [2.75, 3.05) is 11.9 Å². The SMILES string of the molecule is O=C(Nc1nnc(C23CC4CC(CC(C4)C2)C3)s1)c1cccnc1OCC(F)(F)F. The molecule has 160 valence electrons. The lowest BCUT2D eigenvalue weighted by molar-refractivity contribution is -0.154. The molecule has 4 fully saturated rings. The first kappa shape index (κ1) is 19.7. The molecular formula is C20H21F3N4O2S. The van der Waals surface area contributed by atoms with Gasteiger partial charge in [0.25, 0.3) is 5.91 Å². The molecule has 6 rings (SSSR count). The third kappa shape index (κ3) is 3.77. The molecule has 0 saturated heterocycles. The number of carbonyl (C=O) groups is 1. The van der Waals surface area contributed by atoms with Crippen molar-refractivity contribution in [1.29, 1.82) is 0 Å². The Balaban J connectivity index is 1.31. The summed E-state index contributed by atoms with van der Waals surface area (Å²) < 4.78 is 42.1. The smallest absolute Gasteiger partial charge is 0.422 e. The van der Waals surface area contributed by atoms with Crippen molar-refractivity contribution in [3.8, 4) is 5.88 Å². The van der Waals surface area contributed by atoms with Gasteiger partial charge in [0.05, 0.1) is 0 Å². The fraction of sp³-hybridized carbons (Fsp3) is 0.600. The highest BCUT2D eigenvalue weighted by Gasteiger charge is 2.53. The minimum Gasteiger partial charge on any atom is -0.467 e. The number of aromatic nitrogens is 3. The third-order valence-electron chi connectivity index (χ3n) is 6.53. The summed E-state index contributed by atoms with van der Waals surface area (Å²) in [4.78, 5) is 16.4. The van der Waals surface area contributed by atoms with Crippen LogP contribution >= 0.6 is 11.3 Å². The van der Waals surface area contributed by atoms with Crippen LogP contribution in [0.1, 0.15) is 53.9 Å². The third-order valence-corrected chi connectivity index (χ3v) is 7.61. The van der Waals surface area contributed by atoms with Gasteiger partial charge >= 0.3 is 6.18 Å². The molecule has 4 bridgehead atoms. The Labute approximate surface area is 175 Å². The van der Waals surface area contributed by atoms with Crippen LogP contribution < -0.4 is 10.1 Å². The number of halogens is 3. The summed E-state index contributed by atoms with van der Waals surface area (Å²) in [5, 5.41) is 12.5. The van der Waals surface area contributed by atoms with Gasteiger partial charge in [-0.15, -0.1) is 10.2 Å². The summed E-state index contributed by atoms with van der Waals surface area (Å²) in [5.74, 6) is 1.32. The van der Waals surface area contributed by atoms with E-state index in [2.05, 4.69) is 20.5 Å². The zero-order valence-electron chi connectivity index (χ0n) is 16.1. The van der Waals surface area contributed by atoms with Crippen LogP contribution in [0.2, 0.25) is 0 Å². The molecule has 6 nitrogen and oxygen atoms in total. The first-order valence-corrected chi connectivity index (χ1v) is 10.9. The summed E-state index contributed by atoms with van der Waals surface area (Å²) in [7, 11) is 0. The van der Waals surface area contributed by atoms with Gasteiger partial charge in [0.15, 0.2) is 6.61 Å². The van der Waals surface area contributed by atoms with Crippen molar-refractivity contribution in [2.45, 2.75) is 50.1 Å². The predicted molar refractivity (Wildman–Crippen MR) is 103 cm³/mol. The Morgan fingerprint density at radius 1 is 1.17 bits per heavy atom. The monoisotopic (exact) mass is 438 g/mol. The first-order valence-electron chi connectivity index (χ1n) is 10.1.